The van der Waals surface area contributed by atoms with Crippen LogP contribution in [0, 0.1) is 0 Å². The maximum Gasteiger partial charge on any atom is 0.236 e. The molecule has 0 fully saturated rings. The Morgan fingerprint density at radius 1 is 1.22 bits per heavy atom. The lowest BCUT2D eigenvalue weighted by Crippen LogP contribution is -2.14. The summed E-state index contributed by atoms with van der Waals surface area (Å²) in [4.78, 5) is 17.9. The Morgan fingerprint density at radius 3 is 2.78 bits per heavy atom. The molecule has 7 nitrogen and oxygen atoms in total. The zero-order chi connectivity index (χ0) is 25.5. The normalized spacial score (nSPS) is 10.9. The summed E-state index contributed by atoms with van der Waals surface area (Å²) < 4.78 is 7.44. The van der Waals surface area contributed by atoms with Gasteiger partial charge in [0.2, 0.25) is 5.91 Å². The number of thioether (sulfide) groups is 1. The fourth-order valence-electron chi connectivity index (χ4n) is 3.37. The van der Waals surface area contributed by atoms with E-state index in [2.05, 4.69) is 27.1 Å². The van der Waals surface area contributed by atoms with Gasteiger partial charge in [-0.25, -0.2) is 4.98 Å². The van der Waals surface area contributed by atoms with Gasteiger partial charge in [0.1, 0.15) is 5.75 Å². The van der Waals surface area contributed by atoms with Crippen molar-refractivity contribution in [2.75, 3.05) is 17.7 Å². The van der Waals surface area contributed by atoms with E-state index in [0.29, 0.717) is 45.7 Å². The fraction of sp³-hybridized carbons (Fsp3) is 0.200. The Morgan fingerprint density at radius 2 is 2.03 bits per heavy atom. The second-order valence-electron chi connectivity index (χ2n) is 7.54. The van der Waals surface area contributed by atoms with Gasteiger partial charge in [-0.05, 0) is 55.0 Å². The topological polar surface area (TPSA) is 81.9 Å². The van der Waals surface area contributed by atoms with Crippen LogP contribution in [0.3, 0.4) is 0 Å². The van der Waals surface area contributed by atoms with Crippen molar-refractivity contribution in [3.63, 3.8) is 0 Å². The number of carbonyl (C=O) groups excluding carboxylic acids is 1. The second kappa shape index (κ2) is 12.4. The van der Waals surface area contributed by atoms with Crippen LogP contribution in [0.1, 0.15) is 17.4 Å². The van der Waals surface area contributed by atoms with Gasteiger partial charge >= 0.3 is 0 Å². The molecule has 0 aliphatic rings. The first kappa shape index (κ1) is 26.2. The Labute approximate surface area is 227 Å². The lowest BCUT2D eigenvalue weighted by Gasteiger charge is -2.08. The third-order valence-corrected chi connectivity index (χ3v) is 7.44. The Hall–Kier alpha value is -2.85. The highest BCUT2D eigenvalue weighted by atomic mass is 35.5. The Bertz CT molecular complexity index is 1350. The van der Waals surface area contributed by atoms with E-state index in [9.17, 15) is 4.79 Å². The van der Waals surface area contributed by atoms with Crippen LogP contribution in [0.5, 0.6) is 5.75 Å². The summed E-state index contributed by atoms with van der Waals surface area (Å²) in [6.45, 7) is 6.90. The van der Waals surface area contributed by atoms with Crippen LogP contribution >= 0.6 is 46.3 Å². The van der Waals surface area contributed by atoms with Gasteiger partial charge in [-0.1, -0.05) is 41.0 Å². The minimum absolute atomic E-state index is 0.160. The number of nitrogens with one attached hydrogen (secondary N) is 1. The molecule has 4 rings (SSSR count). The molecule has 2 aromatic carbocycles. The molecule has 0 aliphatic heterocycles. The van der Waals surface area contributed by atoms with Crippen molar-refractivity contribution in [3.05, 3.63) is 81.8 Å². The molecule has 0 saturated carbocycles. The van der Waals surface area contributed by atoms with E-state index in [1.54, 1.807) is 24.4 Å². The molecule has 0 unspecified atom stereocenters. The van der Waals surface area contributed by atoms with Crippen LogP contribution in [-0.2, 0) is 17.8 Å². The molecule has 0 saturated heterocycles. The molecule has 0 bridgehead atoms. The van der Waals surface area contributed by atoms with Gasteiger partial charge in [-0.15, -0.1) is 28.1 Å². The van der Waals surface area contributed by atoms with E-state index >= 15 is 0 Å². The highest BCUT2D eigenvalue weighted by Gasteiger charge is 2.16. The predicted octanol–water partition coefficient (Wildman–Crippen LogP) is 6.61. The summed E-state index contributed by atoms with van der Waals surface area (Å²) in [6, 6.07) is 13.0. The van der Waals surface area contributed by atoms with Crippen molar-refractivity contribution in [2.45, 2.75) is 25.0 Å². The smallest absolute Gasteiger partial charge is 0.236 e. The van der Waals surface area contributed by atoms with E-state index < -0.39 is 0 Å². The highest BCUT2D eigenvalue weighted by molar-refractivity contribution is 7.99. The number of aromatic nitrogens is 4. The molecule has 36 heavy (non-hydrogen) atoms. The SMILES string of the molecule is C=CCn1c(SCC(=O)Nc2ncc(Cc3cc(Cl)ccc3Cl)s2)nnc1-c1ccc(OCC)cc1. The minimum Gasteiger partial charge on any atom is -0.494 e. The highest BCUT2D eigenvalue weighted by Crippen LogP contribution is 2.28. The van der Waals surface area contributed by atoms with Crippen molar-refractivity contribution < 1.29 is 9.53 Å². The van der Waals surface area contributed by atoms with Crippen molar-refractivity contribution >= 4 is 57.3 Å². The van der Waals surface area contributed by atoms with Crippen LogP contribution in [0.2, 0.25) is 10.0 Å². The lowest BCUT2D eigenvalue weighted by molar-refractivity contribution is -0.113. The number of ether oxygens (including phenoxy) is 1. The van der Waals surface area contributed by atoms with Crippen LogP contribution in [0.25, 0.3) is 11.4 Å². The molecule has 0 radical (unpaired) electrons. The first-order chi connectivity index (χ1) is 17.5. The maximum atomic E-state index is 12.6. The van der Waals surface area contributed by atoms with Crippen LogP contribution in [0.15, 0.2) is 66.5 Å². The van der Waals surface area contributed by atoms with Gasteiger partial charge in [-0.3, -0.25) is 9.36 Å². The standard InChI is InChI=1S/C25H23Cl2N5O2S2/c1-3-11-32-23(16-5-8-19(9-6-16)34-4-2)30-31-25(32)35-15-22(33)29-24-28-14-20(36-24)13-17-12-18(26)7-10-21(17)27/h3,5-10,12,14H,1,4,11,13,15H2,2H3,(H,28,29,33). The fourth-order valence-corrected chi connectivity index (χ4v) is 5.35. The molecule has 1 amide bonds. The minimum atomic E-state index is -0.183. The molecule has 2 aromatic heterocycles. The van der Waals surface area contributed by atoms with Crippen LogP contribution < -0.4 is 10.1 Å². The van der Waals surface area contributed by atoms with Gasteiger partial charge in [0.15, 0.2) is 16.1 Å². The van der Waals surface area contributed by atoms with E-state index in [0.717, 1.165) is 21.8 Å². The van der Waals surface area contributed by atoms with Crippen molar-refractivity contribution in [2.24, 2.45) is 0 Å². The number of amides is 1. The molecule has 0 spiro atoms. The summed E-state index contributed by atoms with van der Waals surface area (Å²) in [5, 5.41) is 13.9. The third kappa shape index (κ3) is 6.67. The number of hydrogen-bond donors (Lipinski definition) is 1. The van der Waals surface area contributed by atoms with Crippen LogP contribution in [0.4, 0.5) is 5.13 Å². The number of carbonyl (C=O) groups is 1. The number of halogens is 2. The number of anilines is 1. The zero-order valence-electron chi connectivity index (χ0n) is 19.4. The average Bonchev–Trinajstić information content (AvgIpc) is 3.48. The first-order valence-electron chi connectivity index (χ1n) is 11.1. The predicted molar refractivity (Wildman–Crippen MR) is 148 cm³/mol. The summed E-state index contributed by atoms with van der Waals surface area (Å²) in [5.41, 5.74) is 1.81. The van der Waals surface area contributed by atoms with Gasteiger partial charge < -0.3 is 10.1 Å². The molecule has 2 heterocycles. The number of rotatable bonds is 11. The van der Waals surface area contributed by atoms with Gasteiger partial charge in [0, 0.05) is 39.6 Å². The number of allylic oxidation sites excluding steroid dienone is 1. The summed E-state index contributed by atoms with van der Waals surface area (Å²) in [5.74, 6) is 1.47. The molecular formula is C25H23Cl2N5O2S2. The summed E-state index contributed by atoms with van der Waals surface area (Å²) >= 11 is 15.0. The number of hydrogen-bond acceptors (Lipinski definition) is 7. The van der Waals surface area contributed by atoms with Crippen molar-refractivity contribution in [1.29, 1.82) is 0 Å². The van der Waals surface area contributed by atoms with Crippen molar-refractivity contribution in [1.82, 2.24) is 19.7 Å². The molecule has 11 heteroatoms. The first-order valence-corrected chi connectivity index (χ1v) is 13.6. The number of nitrogens with zero attached hydrogens (tertiary/aromatic N) is 4. The number of benzene rings is 2. The largest absolute Gasteiger partial charge is 0.494 e. The molecule has 0 aliphatic carbocycles. The lowest BCUT2D eigenvalue weighted by atomic mass is 10.1. The van der Waals surface area contributed by atoms with Crippen molar-refractivity contribution in [3.8, 4) is 17.1 Å². The molecule has 1 N–H and O–H groups in total. The molecule has 4 aromatic rings. The van der Waals surface area contributed by atoms with Gasteiger partial charge in [-0.2, -0.15) is 0 Å². The van der Waals surface area contributed by atoms with E-state index in [4.69, 9.17) is 27.9 Å². The Balaban J connectivity index is 1.38. The maximum absolute atomic E-state index is 12.6. The average molecular weight is 561 g/mol. The second-order valence-corrected chi connectivity index (χ2v) is 10.4. The third-order valence-electron chi connectivity index (χ3n) is 4.96. The monoisotopic (exact) mass is 559 g/mol. The zero-order valence-corrected chi connectivity index (χ0v) is 22.6. The molecular weight excluding hydrogens is 537 g/mol. The summed E-state index contributed by atoms with van der Waals surface area (Å²) in [6.07, 6.45) is 4.09. The van der Waals surface area contributed by atoms with E-state index in [1.807, 2.05) is 41.8 Å². The quantitative estimate of drug-likeness (QED) is 0.164. The van der Waals surface area contributed by atoms with Gasteiger partial charge in [0.05, 0.1) is 12.4 Å². The van der Waals surface area contributed by atoms with Gasteiger partial charge in [0.25, 0.3) is 0 Å². The van der Waals surface area contributed by atoms with E-state index in [-0.39, 0.29) is 11.7 Å². The van der Waals surface area contributed by atoms with Crippen LogP contribution in [-0.4, -0.2) is 38.0 Å². The number of thiazole rings is 1. The summed E-state index contributed by atoms with van der Waals surface area (Å²) in [7, 11) is 0. The van der Waals surface area contributed by atoms with E-state index in [1.165, 1.54) is 23.1 Å². The molecule has 0 atom stereocenters. The Kier molecular flexibility index (Phi) is 9.03. The molecule has 186 valence electrons.